The molecule has 0 amide bonds. The lowest BCUT2D eigenvalue weighted by molar-refractivity contribution is 0.625. The van der Waals surface area contributed by atoms with Crippen molar-refractivity contribution >= 4 is 11.6 Å². The molecule has 0 saturated heterocycles. The molecule has 4 N–H and O–H groups in total. The van der Waals surface area contributed by atoms with Gasteiger partial charge in [-0.15, -0.1) is 0 Å². The van der Waals surface area contributed by atoms with Crippen LogP contribution < -0.4 is 11.5 Å². The number of hydrogen-bond donors (Lipinski definition) is 2. The molecule has 0 aliphatic heterocycles. The Labute approximate surface area is 50.7 Å². The van der Waals surface area contributed by atoms with E-state index in [4.69, 9.17) is 11.5 Å². The topological polar surface area (TPSA) is 77.8 Å². The summed E-state index contributed by atoms with van der Waals surface area (Å²) in [6, 6.07) is 0. The largest absolute Gasteiger partial charge is 0.381 e. The van der Waals surface area contributed by atoms with E-state index in [-0.39, 0.29) is 11.6 Å². The van der Waals surface area contributed by atoms with Gasteiger partial charge in [-0.25, -0.2) is 9.97 Å². The zero-order chi connectivity index (χ0) is 6.85. The molecule has 1 heterocycles. The highest BCUT2D eigenvalue weighted by molar-refractivity contribution is 5.41. The number of rotatable bonds is 0. The van der Waals surface area contributed by atoms with E-state index in [2.05, 4.69) is 9.97 Å². The smallest absolute Gasteiger partial charge is 0.207 e. The normalized spacial score (nSPS) is 9.44. The van der Waals surface area contributed by atoms with Crippen LogP contribution in [0.1, 0.15) is 0 Å². The van der Waals surface area contributed by atoms with Crippen molar-refractivity contribution in [2.45, 2.75) is 0 Å². The van der Waals surface area contributed by atoms with Crippen LogP contribution in [0.2, 0.25) is 0 Å². The number of anilines is 2. The van der Waals surface area contributed by atoms with Crippen LogP contribution in [0.15, 0.2) is 6.33 Å². The number of halogens is 1. The van der Waals surface area contributed by atoms with Crippen molar-refractivity contribution in [2.24, 2.45) is 0 Å². The van der Waals surface area contributed by atoms with E-state index in [9.17, 15) is 4.39 Å². The summed E-state index contributed by atoms with van der Waals surface area (Å²) in [5.41, 5.74) is 10.0. The molecule has 9 heavy (non-hydrogen) atoms. The third kappa shape index (κ3) is 0.883. The first-order valence-electron chi connectivity index (χ1n) is 2.23. The summed E-state index contributed by atoms with van der Waals surface area (Å²) in [5, 5.41) is 0. The van der Waals surface area contributed by atoms with Crippen molar-refractivity contribution in [2.75, 3.05) is 11.5 Å². The van der Waals surface area contributed by atoms with Crippen LogP contribution in [0, 0.1) is 5.82 Å². The standard InChI is InChI=1S/C4H5FN4/c5-2-3(6)8-1-9-4(2)7/h1H,(H4,6,7,8,9). The van der Waals surface area contributed by atoms with Gasteiger partial charge in [0.15, 0.2) is 11.6 Å². The van der Waals surface area contributed by atoms with Gasteiger partial charge in [-0.05, 0) is 0 Å². The monoisotopic (exact) mass is 128 g/mol. The van der Waals surface area contributed by atoms with Crippen LogP contribution in [0.25, 0.3) is 0 Å². The van der Waals surface area contributed by atoms with Crippen LogP contribution in [-0.4, -0.2) is 9.97 Å². The van der Waals surface area contributed by atoms with Gasteiger partial charge in [-0.1, -0.05) is 0 Å². The van der Waals surface area contributed by atoms with E-state index in [0.717, 1.165) is 6.33 Å². The van der Waals surface area contributed by atoms with E-state index in [1.54, 1.807) is 0 Å². The molecule has 1 rings (SSSR count). The minimum atomic E-state index is -0.752. The second kappa shape index (κ2) is 1.85. The Balaban J connectivity index is 3.25. The van der Waals surface area contributed by atoms with Gasteiger partial charge in [-0.2, -0.15) is 4.39 Å². The molecule has 0 atom stereocenters. The maximum atomic E-state index is 12.4. The molecular formula is C4H5FN4. The molecule has 1 aromatic rings. The van der Waals surface area contributed by atoms with Gasteiger partial charge in [0.1, 0.15) is 6.33 Å². The van der Waals surface area contributed by atoms with Gasteiger partial charge >= 0.3 is 0 Å². The highest BCUT2D eigenvalue weighted by Crippen LogP contribution is 2.08. The summed E-state index contributed by atoms with van der Waals surface area (Å²) in [7, 11) is 0. The van der Waals surface area contributed by atoms with Crippen molar-refractivity contribution in [1.29, 1.82) is 0 Å². The van der Waals surface area contributed by atoms with Gasteiger partial charge in [-0.3, -0.25) is 0 Å². The van der Waals surface area contributed by atoms with Gasteiger partial charge < -0.3 is 11.5 Å². The van der Waals surface area contributed by atoms with Crippen molar-refractivity contribution < 1.29 is 4.39 Å². The van der Waals surface area contributed by atoms with Gasteiger partial charge in [0.25, 0.3) is 0 Å². The molecule has 5 heteroatoms. The number of nitrogen functional groups attached to an aromatic ring is 2. The minimum absolute atomic E-state index is 0.220. The summed E-state index contributed by atoms with van der Waals surface area (Å²) in [6.45, 7) is 0. The highest BCUT2D eigenvalue weighted by atomic mass is 19.1. The van der Waals surface area contributed by atoms with Gasteiger partial charge in [0, 0.05) is 0 Å². The van der Waals surface area contributed by atoms with E-state index in [1.807, 2.05) is 0 Å². The van der Waals surface area contributed by atoms with E-state index in [0.29, 0.717) is 0 Å². The minimum Gasteiger partial charge on any atom is -0.381 e. The third-order valence-corrected chi connectivity index (χ3v) is 0.843. The number of aromatic nitrogens is 2. The molecule has 0 unspecified atom stereocenters. The van der Waals surface area contributed by atoms with Crippen LogP contribution in [-0.2, 0) is 0 Å². The molecule has 0 fully saturated rings. The van der Waals surface area contributed by atoms with Crippen LogP contribution in [0.5, 0.6) is 0 Å². The molecule has 0 radical (unpaired) electrons. The lowest BCUT2D eigenvalue weighted by Crippen LogP contribution is -2.01. The third-order valence-electron chi connectivity index (χ3n) is 0.843. The Morgan fingerprint density at radius 2 is 1.67 bits per heavy atom. The Hall–Kier alpha value is -1.39. The summed E-state index contributed by atoms with van der Waals surface area (Å²) < 4.78 is 12.4. The lowest BCUT2D eigenvalue weighted by atomic mass is 10.5. The second-order valence-electron chi connectivity index (χ2n) is 1.46. The van der Waals surface area contributed by atoms with Crippen molar-refractivity contribution in [3.63, 3.8) is 0 Å². The Morgan fingerprint density at radius 3 is 2.00 bits per heavy atom. The fourth-order valence-corrected chi connectivity index (χ4v) is 0.398. The predicted octanol–water partition coefficient (Wildman–Crippen LogP) is -0.220. The average Bonchev–Trinajstić information content (AvgIpc) is 1.83. The molecule has 4 nitrogen and oxygen atoms in total. The summed E-state index contributed by atoms with van der Waals surface area (Å²) in [4.78, 5) is 6.70. The van der Waals surface area contributed by atoms with E-state index in [1.165, 1.54) is 0 Å². The molecule has 0 spiro atoms. The Bertz CT molecular complexity index is 204. The van der Waals surface area contributed by atoms with Crippen molar-refractivity contribution in [1.82, 2.24) is 9.97 Å². The maximum absolute atomic E-state index is 12.4. The fraction of sp³-hybridized carbons (Fsp3) is 0. The van der Waals surface area contributed by atoms with Crippen LogP contribution in [0.3, 0.4) is 0 Å². The Morgan fingerprint density at radius 1 is 1.22 bits per heavy atom. The maximum Gasteiger partial charge on any atom is 0.207 e. The lowest BCUT2D eigenvalue weighted by Gasteiger charge is -1.94. The molecule has 48 valence electrons. The SMILES string of the molecule is Nc1ncnc(N)c1F. The molecule has 0 aliphatic rings. The molecule has 0 aromatic carbocycles. The number of nitrogens with two attached hydrogens (primary N) is 2. The molecule has 0 saturated carbocycles. The first-order valence-corrected chi connectivity index (χ1v) is 2.23. The highest BCUT2D eigenvalue weighted by Gasteiger charge is 2.01. The van der Waals surface area contributed by atoms with Crippen molar-refractivity contribution in [3.8, 4) is 0 Å². The summed E-state index contributed by atoms with van der Waals surface area (Å²) >= 11 is 0. The molecule has 1 aromatic heterocycles. The quantitative estimate of drug-likeness (QED) is 0.506. The van der Waals surface area contributed by atoms with Gasteiger partial charge in [0.05, 0.1) is 0 Å². The fourth-order valence-electron chi connectivity index (χ4n) is 0.398. The second-order valence-corrected chi connectivity index (χ2v) is 1.46. The Kier molecular flexibility index (Phi) is 1.18. The number of nitrogens with zero attached hydrogens (tertiary/aromatic N) is 2. The van der Waals surface area contributed by atoms with E-state index < -0.39 is 5.82 Å². The zero-order valence-electron chi connectivity index (χ0n) is 4.50. The first-order chi connectivity index (χ1) is 4.22. The summed E-state index contributed by atoms with van der Waals surface area (Å²) in [5.74, 6) is -1.19. The van der Waals surface area contributed by atoms with Gasteiger partial charge in [0.2, 0.25) is 5.82 Å². The molecule has 0 bridgehead atoms. The first kappa shape index (κ1) is 5.74. The van der Waals surface area contributed by atoms with Crippen LogP contribution >= 0.6 is 0 Å². The molecular weight excluding hydrogens is 123 g/mol. The summed E-state index contributed by atoms with van der Waals surface area (Å²) in [6.07, 6.45) is 1.10. The average molecular weight is 128 g/mol. The molecule has 0 aliphatic carbocycles. The van der Waals surface area contributed by atoms with E-state index >= 15 is 0 Å². The number of hydrogen-bond acceptors (Lipinski definition) is 4. The van der Waals surface area contributed by atoms with Crippen LogP contribution in [0.4, 0.5) is 16.0 Å². The predicted molar refractivity (Wildman–Crippen MR) is 30.8 cm³/mol. The van der Waals surface area contributed by atoms with Crippen molar-refractivity contribution in [3.05, 3.63) is 12.1 Å². The zero-order valence-corrected chi connectivity index (χ0v) is 4.50.